The van der Waals surface area contributed by atoms with Crippen LogP contribution in [0.15, 0.2) is 18.2 Å². The zero-order valence-electron chi connectivity index (χ0n) is 12.2. The first-order valence-corrected chi connectivity index (χ1v) is 8.57. The van der Waals surface area contributed by atoms with Gasteiger partial charge in [-0.3, -0.25) is 0 Å². The van der Waals surface area contributed by atoms with Crippen molar-refractivity contribution in [1.82, 2.24) is 0 Å². The van der Waals surface area contributed by atoms with Gasteiger partial charge in [-0.05, 0) is 32.0 Å². The Morgan fingerprint density at radius 3 is 2.60 bits per heavy atom. The van der Waals surface area contributed by atoms with Crippen LogP contribution in [0.2, 0.25) is 0 Å². The van der Waals surface area contributed by atoms with Gasteiger partial charge in [0.2, 0.25) is 0 Å². The molecule has 0 aliphatic heterocycles. The molecule has 0 amide bonds. The SMILES string of the molecule is CCOc1ccc(NC(C)CS(=O)(=O)CC)cc1CO. The number of rotatable bonds is 8. The van der Waals surface area contributed by atoms with Gasteiger partial charge < -0.3 is 15.2 Å². The fraction of sp³-hybridized carbons (Fsp3) is 0.571. The second kappa shape index (κ2) is 7.50. The molecule has 0 aliphatic carbocycles. The van der Waals surface area contributed by atoms with Crippen molar-refractivity contribution in [2.75, 3.05) is 23.4 Å². The Balaban J connectivity index is 2.78. The number of sulfone groups is 1. The minimum atomic E-state index is -3.01. The van der Waals surface area contributed by atoms with Crippen molar-refractivity contribution in [3.05, 3.63) is 23.8 Å². The molecule has 5 nitrogen and oxygen atoms in total. The molecule has 1 atom stereocenters. The lowest BCUT2D eigenvalue weighted by atomic mass is 10.1. The summed E-state index contributed by atoms with van der Waals surface area (Å²) in [6, 6.07) is 5.18. The van der Waals surface area contributed by atoms with Gasteiger partial charge in [0.15, 0.2) is 9.84 Å². The van der Waals surface area contributed by atoms with Crippen LogP contribution in [0.3, 0.4) is 0 Å². The van der Waals surface area contributed by atoms with Gasteiger partial charge in [0.05, 0.1) is 19.0 Å². The largest absolute Gasteiger partial charge is 0.494 e. The third-order valence-electron chi connectivity index (χ3n) is 2.89. The number of ether oxygens (including phenoxy) is 1. The molecular weight excluding hydrogens is 278 g/mol. The third-order valence-corrected chi connectivity index (χ3v) is 4.78. The van der Waals surface area contributed by atoms with E-state index in [1.165, 1.54) is 0 Å². The molecule has 2 N–H and O–H groups in total. The van der Waals surface area contributed by atoms with E-state index < -0.39 is 9.84 Å². The lowest BCUT2D eigenvalue weighted by molar-refractivity contribution is 0.267. The monoisotopic (exact) mass is 301 g/mol. The van der Waals surface area contributed by atoms with Crippen molar-refractivity contribution in [2.45, 2.75) is 33.4 Å². The predicted octanol–water partition coefficient (Wildman–Crippen LogP) is 1.81. The fourth-order valence-electron chi connectivity index (χ4n) is 1.91. The molecule has 0 heterocycles. The lowest BCUT2D eigenvalue weighted by Crippen LogP contribution is -2.26. The van der Waals surface area contributed by atoms with E-state index in [-0.39, 0.29) is 24.2 Å². The second-order valence-corrected chi connectivity index (χ2v) is 7.06. The standard InChI is InChI=1S/C14H23NO4S/c1-4-19-14-7-6-13(8-12(14)9-16)15-11(3)10-20(17,18)5-2/h6-8,11,15-16H,4-5,9-10H2,1-3H3. The maximum Gasteiger partial charge on any atom is 0.152 e. The van der Waals surface area contributed by atoms with E-state index in [0.717, 1.165) is 5.69 Å². The van der Waals surface area contributed by atoms with Crippen LogP contribution in [0.4, 0.5) is 5.69 Å². The molecule has 1 aromatic carbocycles. The minimum Gasteiger partial charge on any atom is -0.494 e. The molecule has 1 unspecified atom stereocenters. The van der Waals surface area contributed by atoms with E-state index in [9.17, 15) is 13.5 Å². The van der Waals surface area contributed by atoms with Crippen LogP contribution in [0.5, 0.6) is 5.75 Å². The minimum absolute atomic E-state index is 0.0885. The zero-order valence-corrected chi connectivity index (χ0v) is 13.0. The van der Waals surface area contributed by atoms with Crippen LogP contribution in [0, 0.1) is 0 Å². The number of hydrogen-bond acceptors (Lipinski definition) is 5. The van der Waals surface area contributed by atoms with Crippen LogP contribution < -0.4 is 10.1 Å². The van der Waals surface area contributed by atoms with Crippen LogP contribution in [-0.2, 0) is 16.4 Å². The van der Waals surface area contributed by atoms with E-state index in [4.69, 9.17) is 4.74 Å². The second-order valence-electron chi connectivity index (χ2n) is 4.66. The number of anilines is 1. The van der Waals surface area contributed by atoms with Crippen molar-refractivity contribution in [1.29, 1.82) is 0 Å². The van der Waals surface area contributed by atoms with Crippen molar-refractivity contribution < 1.29 is 18.3 Å². The number of benzene rings is 1. The number of hydrogen-bond donors (Lipinski definition) is 2. The van der Waals surface area contributed by atoms with Gasteiger partial charge in [0.1, 0.15) is 5.75 Å². The van der Waals surface area contributed by atoms with E-state index in [2.05, 4.69) is 5.32 Å². The summed E-state index contributed by atoms with van der Waals surface area (Å²) in [6.45, 7) is 5.76. The normalized spacial score (nSPS) is 13.0. The van der Waals surface area contributed by atoms with Crippen molar-refractivity contribution >= 4 is 15.5 Å². The summed E-state index contributed by atoms with van der Waals surface area (Å²) in [6.07, 6.45) is 0. The van der Waals surface area contributed by atoms with E-state index >= 15 is 0 Å². The van der Waals surface area contributed by atoms with Crippen LogP contribution >= 0.6 is 0 Å². The molecule has 20 heavy (non-hydrogen) atoms. The van der Waals surface area contributed by atoms with Crippen molar-refractivity contribution in [3.63, 3.8) is 0 Å². The van der Waals surface area contributed by atoms with Gasteiger partial charge in [-0.2, -0.15) is 0 Å². The average molecular weight is 301 g/mol. The van der Waals surface area contributed by atoms with Gasteiger partial charge in [0.25, 0.3) is 0 Å². The first-order chi connectivity index (χ1) is 9.41. The smallest absolute Gasteiger partial charge is 0.152 e. The summed E-state index contributed by atoms with van der Waals surface area (Å²) in [5, 5.41) is 12.5. The molecule has 0 spiro atoms. The van der Waals surface area contributed by atoms with Gasteiger partial charge in [0, 0.05) is 23.0 Å². The summed E-state index contributed by atoms with van der Waals surface area (Å²) in [4.78, 5) is 0. The highest BCUT2D eigenvalue weighted by molar-refractivity contribution is 7.91. The molecule has 0 fully saturated rings. The molecular formula is C14H23NO4S. The molecule has 1 rings (SSSR count). The first kappa shape index (κ1) is 16.8. The molecule has 0 aromatic heterocycles. The zero-order chi connectivity index (χ0) is 15.2. The Labute approximate surface area is 120 Å². The molecule has 0 bridgehead atoms. The molecule has 0 radical (unpaired) electrons. The number of aliphatic hydroxyl groups excluding tert-OH is 1. The maximum atomic E-state index is 11.6. The van der Waals surface area contributed by atoms with Gasteiger partial charge >= 0.3 is 0 Å². The highest BCUT2D eigenvalue weighted by atomic mass is 32.2. The maximum absolute atomic E-state index is 11.6. The van der Waals surface area contributed by atoms with Crippen LogP contribution in [0.25, 0.3) is 0 Å². The summed E-state index contributed by atoms with van der Waals surface area (Å²) in [7, 11) is -3.01. The van der Waals surface area contributed by atoms with E-state index in [0.29, 0.717) is 17.9 Å². The lowest BCUT2D eigenvalue weighted by Gasteiger charge is -2.17. The number of nitrogens with one attached hydrogen (secondary N) is 1. The predicted molar refractivity (Wildman–Crippen MR) is 80.9 cm³/mol. The molecule has 1 aromatic rings. The van der Waals surface area contributed by atoms with Gasteiger partial charge in [-0.15, -0.1) is 0 Å². The Bertz CT molecular complexity index is 528. The summed E-state index contributed by atoms with van der Waals surface area (Å²) in [5.74, 6) is 0.879. The summed E-state index contributed by atoms with van der Waals surface area (Å²) in [5.41, 5.74) is 1.46. The Morgan fingerprint density at radius 1 is 1.35 bits per heavy atom. The quantitative estimate of drug-likeness (QED) is 0.766. The molecule has 0 saturated heterocycles. The van der Waals surface area contributed by atoms with E-state index in [1.54, 1.807) is 19.1 Å². The van der Waals surface area contributed by atoms with Crippen molar-refractivity contribution in [3.8, 4) is 5.75 Å². The highest BCUT2D eigenvalue weighted by Gasteiger charge is 2.14. The van der Waals surface area contributed by atoms with Crippen LogP contribution in [-0.4, -0.2) is 37.7 Å². The molecule has 6 heteroatoms. The van der Waals surface area contributed by atoms with Gasteiger partial charge in [-0.1, -0.05) is 6.92 Å². The van der Waals surface area contributed by atoms with Crippen LogP contribution in [0.1, 0.15) is 26.3 Å². The highest BCUT2D eigenvalue weighted by Crippen LogP contribution is 2.23. The first-order valence-electron chi connectivity index (χ1n) is 6.75. The number of aliphatic hydroxyl groups is 1. The van der Waals surface area contributed by atoms with Crippen molar-refractivity contribution in [2.24, 2.45) is 0 Å². The third kappa shape index (κ3) is 5.02. The molecule has 0 saturated carbocycles. The Kier molecular flexibility index (Phi) is 6.29. The van der Waals surface area contributed by atoms with E-state index in [1.807, 2.05) is 19.9 Å². The van der Waals surface area contributed by atoms with Gasteiger partial charge in [-0.25, -0.2) is 8.42 Å². The molecule has 0 aliphatic rings. The summed E-state index contributed by atoms with van der Waals surface area (Å²) >= 11 is 0. The Hall–Kier alpha value is -1.27. The topological polar surface area (TPSA) is 75.6 Å². The average Bonchev–Trinajstić information content (AvgIpc) is 2.40. The Morgan fingerprint density at radius 2 is 2.05 bits per heavy atom. The summed E-state index contributed by atoms with van der Waals surface area (Å²) < 4.78 is 28.5. The fourth-order valence-corrected chi connectivity index (χ4v) is 2.99. The molecule has 114 valence electrons.